The standard InChI is InChI=1S/C17H16FN5O2/c1-25-17(24)12-3-2-8-22(12)15-6-7-19-16(21-15)13-9-20-14-5-4-11(18)10-23(13)14/h4-7,9-10,12H,2-3,8H2,1H3/t12-/m1/s1. The Labute approximate surface area is 143 Å². The highest BCUT2D eigenvalue weighted by Crippen LogP contribution is 2.26. The summed E-state index contributed by atoms with van der Waals surface area (Å²) in [4.78, 5) is 27.0. The topological polar surface area (TPSA) is 72.6 Å². The van der Waals surface area contributed by atoms with Crippen molar-refractivity contribution >= 4 is 17.4 Å². The molecule has 1 aliphatic heterocycles. The first-order valence-electron chi connectivity index (χ1n) is 7.98. The molecule has 4 heterocycles. The van der Waals surface area contributed by atoms with Crippen molar-refractivity contribution in [3.05, 3.63) is 42.6 Å². The number of ether oxygens (including phenoxy) is 1. The molecule has 1 fully saturated rings. The predicted molar refractivity (Wildman–Crippen MR) is 88.6 cm³/mol. The Morgan fingerprint density at radius 3 is 3.04 bits per heavy atom. The Hall–Kier alpha value is -3.03. The quantitative estimate of drug-likeness (QED) is 0.679. The Balaban J connectivity index is 1.74. The van der Waals surface area contributed by atoms with E-state index >= 15 is 0 Å². The van der Waals surface area contributed by atoms with Gasteiger partial charge >= 0.3 is 5.97 Å². The van der Waals surface area contributed by atoms with Crippen LogP contribution in [0.15, 0.2) is 36.8 Å². The summed E-state index contributed by atoms with van der Waals surface area (Å²) in [6.45, 7) is 0.720. The largest absolute Gasteiger partial charge is 0.467 e. The highest BCUT2D eigenvalue weighted by Gasteiger charge is 2.32. The normalized spacial score (nSPS) is 17.2. The number of halogens is 1. The van der Waals surface area contributed by atoms with Crippen LogP contribution in [-0.4, -0.2) is 45.0 Å². The summed E-state index contributed by atoms with van der Waals surface area (Å²) < 4.78 is 20.1. The van der Waals surface area contributed by atoms with Crippen molar-refractivity contribution in [1.29, 1.82) is 0 Å². The molecule has 0 aromatic carbocycles. The average Bonchev–Trinajstić information content (AvgIpc) is 3.28. The molecule has 4 rings (SSSR count). The number of hydrogen-bond acceptors (Lipinski definition) is 6. The van der Waals surface area contributed by atoms with Crippen LogP contribution in [0.3, 0.4) is 0 Å². The molecular formula is C17H16FN5O2. The third-order valence-corrected chi connectivity index (χ3v) is 4.36. The Morgan fingerprint density at radius 1 is 1.32 bits per heavy atom. The molecular weight excluding hydrogens is 325 g/mol. The molecule has 7 nitrogen and oxygen atoms in total. The zero-order valence-corrected chi connectivity index (χ0v) is 13.6. The van der Waals surface area contributed by atoms with Crippen LogP contribution in [0.25, 0.3) is 17.2 Å². The van der Waals surface area contributed by atoms with Gasteiger partial charge in [0.15, 0.2) is 5.82 Å². The van der Waals surface area contributed by atoms with Gasteiger partial charge in [-0.05, 0) is 31.0 Å². The number of esters is 1. The number of rotatable bonds is 3. The molecule has 0 radical (unpaired) electrons. The summed E-state index contributed by atoms with van der Waals surface area (Å²) in [5, 5.41) is 0. The molecule has 0 N–H and O–H groups in total. The number of anilines is 1. The van der Waals surface area contributed by atoms with Gasteiger partial charge in [-0.25, -0.2) is 24.1 Å². The molecule has 0 unspecified atom stereocenters. The Kier molecular flexibility index (Phi) is 3.79. The summed E-state index contributed by atoms with van der Waals surface area (Å²) in [6, 6.07) is 4.37. The molecule has 25 heavy (non-hydrogen) atoms. The number of imidazole rings is 1. The maximum Gasteiger partial charge on any atom is 0.328 e. The number of nitrogens with zero attached hydrogens (tertiary/aromatic N) is 5. The lowest BCUT2D eigenvalue weighted by molar-refractivity contribution is -0.141. The van der Waals surface area contributed by atoms with E-state index in [2.05, 4.69) is 15.0 Å². The second kappa shape index (κ2) is 6.12. The molecule has 1 aliphatic rings. The van der Waals surface area contributed by atoms with Crippen molar-refractivity contribution in [2.24, 2.45) is 0 Å². The van der Waals surface area contributed by atoms with Crippen LogP contribution in [0.1, 0.15) is 12.8 Å². The summed E-state index contributed by atoms with van der Waals surface area (Å²) in [6.07, 6.45) is 6.20. The molecule has 3 aromatic heterocycles. The first kappa shape index (κ1) is 15.5. The molecule has 8 heteroatoms. The van der Waals surface area contributed by atoms with Crippen molar-refractivity contribution < 1.29 is 13.9 Å². The van der Waals surface area contributed by atoms with E-state index in [0.29, 0.717) is 23.0 Å². The summed E-state index contributed by atoms with van der Waals surface area (Å²) >= 11 is 0. The maximum absolute atomic E-state index is 13.6. The first-order valence-corrected chi connectivity index (χ1v) is 7.98. The van der Waals surface area contributed by atoms with Crippen molar-refractivity contribution in [2.45, 2.75) is 18.9 Å². The third-order valence-electron chi connectivity index (χ3n) is 4.36. The van der Waals surface area contributed by atoms with E-state index in [1.807, 2.05) is 4.90 Å². The molecule has 0 saturated carbocycles. The minimum absolute atomic E-state index is 0.269. The maximum atomic E-state index is 13.6. The van der Waals surface area contributed by atoms with Gasteiger partial charge in [-0.3, -0.25) is 4.40 Å². The summed E-state index contributed by atoms with van der Waals surface area (Å²) in [5.74, 6) is 0.429. The molecule has 128 valence electrons. The van der Waals surface area contributed by atoms with Crippen molar-refractivity contribution in [2.75, 3.05) is 18.6 Å². The van der Waals surface area contributed by atoms with Gasteiger partial charge in [-0.15, -0.1) is 0 Å². The van der Waals surface area contributed by atoms with E-state index < -0.39 is 0 Å². The average molecular weight is 341 g/mol. The number of pyridine rings is 1. The molecule has 3 aromatic rings. The van der Waals surface area contributed by atoms with Crippen molar-refractivity contribution in [3.8, 4) is 11.5 Å². The lowest BCUT2D eigenvalue weighted by Gasteiger charge is -2.23. The molecule has 0 amide bonds. The fraction of sp³-hybridized carbons (Fsp3) is 0.294. The van der Waals surface area contributed by atoms with E-state index in [4.69, 9.17) is 4.74 Å². The van der Waals surface area contributed by atoms with Crippen LogP contribution in [0.2, 0.25) is 0 Å². The predicted octanol–water partition coefficient (Wildman–Crippen LogP) is 2.07. The van der Waals surface area contributed by atoms with E-state index in [0.717, 1.165) is 19.4 Å². The molecule has 1 saturated heterocycles. The number of carbonyl (C=O) groups excluding carboxylic acids is 1. The van der Waals surface area contributed by atoms with Crippen LogP contribution in [0.5, 0.6) is 0 Å². The van der Waals surface area contributed by atoms with E-state index in [1.165, 1.54) is 19.4 Å². The minimum atomic E-state index is -0.367. The lowest BCUT2D eigenvalue weighted by atomic mass is 10.2. The van der Waals surface area contributed by atoms with Crippen LogP contribution in [-0.2, 0) is 9.53 Å². The van der Waals surface area contributed by atoms with Gasteiger partial charge in [0.05, 0.1) is 13.3 Å². The van der Waals surface area contributed by atoms with Crippen LogP contribution < -0.4 is 4.90 Å². The van der Waals surface area contributed by atoms with Crippen molar-refractivity contribution in [1.82, 2.24) is 19.4 Å². The second-order valence-corrected chi connectivity index (χ2v) is 5.83. The molecule has 0 bridgehead atoms. The van der Waals surface area contributed by atoms with E-state index in [1.54, 1.807) is 28.9 Å². The minimum Gasteiger partial charge on any atom is -0.467 e. The first-order chi connectivity index (χ1) is 12.2. The SMILES string of the molecule is COC(=O)[C@H]1CCCN1c1ccnc(-c2cnc3ccc(F)cn23)n1. The van der Waals surface area contributed by atoms with Gasteiger partial charge in [-0.1, -0.05) is 0 Å². The monoisotopic (exact) mass is 341 g/mol. The third kappa shape index (κ3) is 2.69. The number of hydrogen-bond donors (Lipinski definition) is 0. The van der Waals surface area contributed by atoms with Gasteiger partial charge in [-0.2, -0.15) is 0 Å². The smallest absolute Gasteiger partial charge is 0.328 e. The molecule has 1 atom stereocenters. The molecule has 0 aliphatic carbocycles. The molecule has 0 spiro atoms. The number of fused-ring (bicyclic) bond motifs is 1. The van der Waals surface area contributed by atoms with Gasteiger partial charge in [0.2, 0.25) is 0 Å². The fourth-order valence-corrected chi connectivity index (χ4v) is 3.17. The van der Waals surface area contributed by atoms with Crippen LogP contribution in [0.4, 0.5) is 10.2 Å². The Morgan fingerprint density at radius 2 is 2.20 bits per heavy atom. The number of aromatic nitrogens is 4. The Bertz CT molecular complexity index is 942. The zero-order valence-electron chi connectivity index (χ0n) is 13.6. The van der Waals surface area contributed by atoms with Crippen LogP contribution in [0, 0.1) is 5.82 Å². The number of carbonyl (C=O) groups is 1. The van der Waals surface area contributed by atoms with Crippen molar-refractivity contribution in [3.63, 3.8) is 0 Å². The number of methoxy groups -OCH3 is 1. The van der Waals surface area contributed by atoms with Gasteiger partial charge < -0.3 is 9.64 Å². The fourth-order valence-electron chi connectivity index (χ4n) is 3.17. The lowest BCUT2D eigenvalue weighted by Crippen LogP contribution is -2.37. The van der Waals surface area contributed by atoms with Gasteiger partial charge in [0.25, 0.3) is 0 Å². The summed E-state index contributed by atoms with van der Waals surface area (Å²) in [7, 11) is 1.39. The van der Waals surface area contributed by atoms with E-state index in [-0.39, 0.29) is 17.8 Å². The second-order valence-electron chi connectivity index (χ2n) is 5.83. The highest BCUT2D eigenvalue weighted by molar-refractivity contribution is 5.80. The van der Waals surface area contributed by atoms with Crippen LogP contribution >= 0.6 is 0 Å². The van der Waals surface area contributed by atoms with Gasteiger partial charge in [0, 0.05) is 18.9 Å². The van der Waals surface area contributed by atoms with E-state index in [9.17, 15) is 9.18 Å². The summed E-state index contributed by atoms with van der Waals surface area (Å²) in [5.41, 5.74) is 1.20. The zero-order chi connectivity index (χ0) is 17.4. The van der Waals surface area contributed by atoms with Gasteiger partial charge in [0.1, 0.15) is 29.0 Å². The highest BCUT2D eigenvalue weighted by atomic mass is 19.1.